The molecule has 8 rings (SSSR count). The van der Waals surface area contributed by atoms with Crippen LogP contribution in [0.1, 0.15) is 83.4 Å². The van der Waals surface area contributed by atoms with E-state index in [2.05, 4.69) is 15.7 Å². The van der Waals surface area contributed by atoms with Gasteiger partial charge >= 0.3 is 18.2 Å². The first-order valence-electron chi connectivity index (χ1n) is 26.9. The molecule has 3 fully saturated rings. The molecule has 4 aliphatic rings. The Hall–Kier alpha value is -6.42. The maximum Gasteiger partial charge on any atom is 0.406 e. The fraction of sp³-hybridized carbons (Fsp3) is 0.561. The Bertz CT molecular complexity index is 2880. The van der Waals surface area contributed by atoms with E-state index in [0.29, 0.717) is 115 Å². The highest BCUT2D eigenvalue weighted by Gasteiger charge is 2.44. The number of alkyl halides is 3. The zero-order valence-corrected chi connectivity index (χ0v) is 46.3. The Balaban J connectivity index is 1.10. The number of cyclic esters (lactones) is 1. The molecule has 21 heteroatoms. The Morgan fingerprint density at radius 3 is 2.46 bits per heavy atom. The normalized spacial score (nSPS) is 21.0. The topological polar surface area (TPSA) is 184 Å². The van der Waals surface area contributed by atoms with Crippen LogP contribution in [0, 0.1) is 11.3 Å². The van der Waals surface area contributed by atoms with Gasteiger partial charge in [0.05, 0.1) is 48.5 Å². The molecule has 3 saturated heterocycles. The number of methoxy groups -OCH3 is 1. The van der Waals surface area contributed by atoms with Crippen LogP contribution in [0.3, 0.4) is 0 Å². The molecule has 1 spiro atoms. The summed E-state index contributed by atoms with van der Waals surface area (Å²) < 4.78 is 63.6. The number of ether oxygens (including phenoxy) is 3. The molecule has 422 valence electrons. The molecule has 3 aromatic heterocycles. The van der Waals surface area contributed by atoms with Crippen LogP contribution in [0.15, 0.2) is 66.9 Å². The number of aromatic nitrogens is 3. The number of morpholine rings is 1. The van der Waals surface area contributed by atoms with Crippen molar-refractivity contribution in [2.75, 3.05) is 80.7 Å². The summed E-state index contributed by atoms with van der Waals surface area (Å²) in [5.41, 5.74) is 5.31. The van der Waals surface area contributed by atoms with E-state index >= 15 is 0 Å². The predicted octanol–water partition coefficient (Wildman–Crippen LogP) is 6.57. The fourth-order valence-electron chi connectivity index (χ4n) is 11.3. The van der Waals surface area contributed by atoms with Gasteiger partial charge < -0.3 is 43.7 Å². The number of halogens is 3. The van der Waals surface area contributed by atoms with Crippen LogP contribution in [-0.4, -0.2) is 180 Å². The largest absolute Gasteiger partial charge is 0.464 e. The van der Waals surface area contributed by atoms with Crippen LogP contribution in [0.4, 0.5) is 18.0 Å². The lowest BCUT2D eigenvalue weighted by Crippen LogP contribution is -2.63. The van der Waals surface area contributed by atoms with Crippen molar-refractivity contribution in [3.63, 3.8) is 0 Å². The number of hydrogen-bond donors (Lipinski definition) is 2. The Kier molecular flexibility index (Phi) is 17.7. The molecule has 0 saturated carbocycles. The average Bonchev–Trinajstić information content (AvgIpc) is 3.88. The number of esters is 1. The minimum absolute atomic E-state index is 0.0810. The molecule has 2 N–H and O–H groups in total. The third kappa shape index (κ3) is 13.2. The number of hydrazine groups is 1. The van der Waals surface area contributed by atoms with Crippen molar-refractivity contribution in [1.82, 2.24) is 49.9 Å². The number of rotatable bonds is 11. The van der Waals surface area contributed by atoms with Crippen molar-refractivity contribution >= 4 is 40.6 Å². The summed E-state index contributed by atoms with van der Waals surface area (Å²) in [7, 11) is 6.95. The third-order valence-corrected chi connectivity index (χ3v) is 15.3. The molecule has 78 heavy (non-hydrogen) atoms. The van der Waals surface area contributed by atoms with Gasteiger partial charge in [-0.15, -0.1) is 0 Å². The lowest BCUT2D eigenvalue weighted by atomic mass is 9.84. The van der Waals surface area contributed by atoms with Gasteiger partial charge in [0.25, 0.3) is 5.91 Å². The van der Waals surface area contributed by atoms with Crippen LogP contribution < -0.4 is 10.7 Å². The van der Waals surface area contributed by atoms with Crippen LogP contribution in [0.5, 0.6) is 0 Å². The smallest absolute Gasteiger partial charge is 0.406 e. The number of hydrogen-bond acceptors (Lipinski definition) is 12. The molecule has 4 aromatic rings. The number of amides is 5. The number of likely N-dealkylation sites (N-methyl/N-ethyl adjacent to an activating group) is 2. The van der Waals surface area contributed by atoms with Gasteiger partial charge in [0.1, 0.15) is 24.7 Å². The second-order valence-electron chi connectivity index (χ2n) is 22.6. The second kappa shape index (κ2) is 23.9. The van der Waals surface area contributed by atoms with Gasteiger partial charge in [-0.3, -0.25) is 34.2 Å². The van der Waals surface area contributed by atoms with Crippen molar-refractivity contribution in [3.05, 3.63) is 83.8 Å². The van der Waals surface area contributed by atoms with E-state index in [0.717, 1.165) is 0 Å². The number of benzene rings is 1. The van der Waals surface area contributed by atoms with Crippen molar-refractivity contribution in [3.8, 4) is 22.5 Å². The van der Waals surface area contributed by atoms with Crippen LogP contribution >= 0.6 is 0 Å². The number of fused-ring (bicyclic) bond motifs is 6. The first-order valence-corrected chi connectivity index (χ1v) is 26.9. The molecule has 4 atom stereocenters. The molecule has 4 aliphatic heterocycles. The maximum absolute atomic E-state index is 14.8. The van der Waals surface area contributed by atoms with Gasteiger partial charge in [-0.05, 0) is 101 Å². The van der Waals surface area contributed by atoms with E-state index in [1.165, 1.54) is 21.6 Å². The molecule has 7 heterocycles. The van der Waals surface area contributed by atoms with Gasteiger partial charge in [-0.25, -0.2) is 10.2 Å². The average molecular weight is 1090 g/mol. The number of likely N-dealkylation sites (tertiary alicyclic amines) is 1. The van der Waals surface area contributed by atoms with Crippen molar-refractivity contribution in [2.45, 2.75) is 116 Å². The monoisotopic (exact) mass is 1080 g/mol. The highest BCUT2D eigenvalue weighted by molar-refractivity contribution is 5.96. The summed E-state index contributed by atoms with van der Waals surface area (Å²) in [4.78, 5) is 87.5. The second-order valence-corrected chi connectivity index (χ2v) is 22.6. The Morgan fingerprint density at radius 1 is 1.00 bits per heavy atom. The van der Waals surface area contributed by atoms with Gasteiger partial charge in [-0.2, -0.15) is 13.2 Å². The minimum Gasteiger partial charge on any atom is -0.464 e. The van der Waals surface area contributed by atoms with Crippen molar-refractivity contribution in [2.24, 2.45) is 11.3 Å². The Morgan fingerprint density at radius 2 is 1.76 bits per heavy atom. The van der Waals surface area contributed by atoms with Gasteiger partial charge in [-0.1, -0.05) is 45.9 Å². The molecule has 0 radical (unpaired) electrons. The summed E-state index contributed by atoms with van der Waals surface area (Å²) in [6.07, 6.45) is 1.70. The standard InChI is InChI=1S/C57H75F3N10O8/c1-36(2)49(66(8)54(75)67-26-21-56(22-27-67)33-68(28-29-78-56)47(71)18-13-24-65(6)7)51(72)63-45-31-39-14-10-16-43(62-39)38-19-20-46-41(30-38)42(32-55(4,5)35-77-53(74)44-17-12-25-70(64-44)52(45)73)50(69(46)34-57(58,59)60)40-15-11-23-61-48(40)37(3)76-9/h10-11,13-16,18-20,23,30,36-37,44-45,49,64H,12,17,21-22,24-29,31-35H2,1-9H3,(H,63,72)/b18-13+/t37-,44-,45-,49-/m0/s1. The van der Waals surface area contributed by atoms with Crippen LogP contribution in [0.2, 0.25) is 0 Å². The molecule has 5 amide bonds. The van der Waals surface area contributed by atoms with Gasteiger partial charge in [0.15, 0.2) is 0 Å². The number of carbonyl (C=O) groups excluding carboxylic acids is 5. The first kappa shape index (κ1) is 57.7. The third-order valence-electron chi connectivity index (χ3n) is 15.3. The Labute approximate surface area is 454 Å². The highest BCUT2D eigenvalue weighted by atomic mass is 19.4. The number of pyridine rings is 2. The zero-order chi connectivity index (χ0) is 56.3. The number of nitrogens with one attached hydrogen (secondary N) is 2. The summed E-state index contributed by atoms with van der Waals surface area (Å²) in [5, 5.41) is 4.87. The molecular weight excluding hydrogens is 1010 g/mol. The number of carbonyl (C=O) groups is 5. The summed E-state index contributed by atoms with van der Waals surface area (Å²) >= 11 is 0. The maximum atomic E-state index is 14.8. The zero-order valence-electron chi connectivity index (χ0n) is 46.3. The van der Waals surface area contributed by atoms with Gasteiger partial charge in [0.2, 0.25) is 11.8 Å². The SMILES string of the molecule is CO[C@@H](C)c1ncccc1-c1c2c3cc(ccc3n1CC(F)(F)F)-c1cccc(n1)C[C@H](NC(=O)[C@H](C(C)C)N(C)C(=O)N1CCC3(CC1)CN(C(=O)/C=C/CN(C)C)CCO3)C(=O)N1CCC[C@H](N1)C(=O)OCC(C)(C)C2. The van der Waals surface area contributed by atoms with E-state index in [-0.39, 0.29) is 37.9 Å². The number of nitrogens with zero attached hydrogens (tertiary/aromatic N) is 8. The van der Waals surface area contributed by atoms with Gasteiger partial charge in [0, 0.05) is 98.7 Å². The van der Waals surface area contributed by atoms with Crippen molar-refractivity contribution in [1.29, 1.82) is 0 Å². The fourth-order valence-corrected chi connectivity index (χ4v) is 11.3. The quantitative estimate of drug-likeness (QED) is 0.122. The van der Waals surface area contributed by atoms with E-state index in [4.69, 9.17) is 19.2 Å². The first-order chi connectivity index (χ1) is 37.0. The van der Waals surface area contributed by atoms with E-state index in [1.54, 1.807) is 78.5 Å². The molecule has 18 nitrogen and oxygen atoms in total. The number of urea groups is 1. The van der Waals surface area contributed by atoms with Crippen LogP contribution in [-0.2, 0) is 52.8 Å². The van der Waals surface area contributed by atoms with Crippen LogP contribution in [0.25, 0.3) is 33.4 Å². The molecular formula is C57H75F3N10O8. The molecule has 0 aliphatic carbocycles. The van der Waals surface area contributed by atoms with E-state index < -0.39 is 71.7 Å². The summed E-state index contributed by atoms with van der Waals surface area (Å²) in [5.74, 6) is -2.18. The molecule has 0 unspecified atom stereocenters. The number of piperidine rings is 1. The summed E-state index contributed by atoms with van der Waals surface area (Å²) in [6.45, 7) is 10.6. The lowest BCUT2D eigenvalue weighted by molar-refractivity contribution is -0.155. The molecule has 6 bridgehead atoms. The minimum atomic E-state index is -4.61. The predicted molar refractivity (Wildman–Crippen MR) is 287 cm³/mol. The lowest BCUT2D eigenvalue weighted by Gasteiger charge is -2.47. The molecule has 1 aromatic carbocycles. The highest BCUT2D eigenvalue weighted by Crippen LogP contribution is 2.43. The van der Waals surface area contributed by atoms with Crippen molar-refractivity contribution < 1.29 is 51.4 Å². The summed E-state index contributed by atoms with van der Waals surface area (Å²) in [6, 6.07) is 10.4. The van der Waals surface area contributed by atoms with E-state index in [1.807, 2.05) is 58.8 Å². The van der Waals surface area contributed by atoms with E-state index in [9.17, 15) is 37.1 Å².